The minimum Gasteiger partial charge on any atom is -0.344 e. The van der Waals surface area contributed by atoms with Gasteiger partial charge in [-0.3, -0.25) is 24.3 Å². The van der Waals surface area contributed by atoms with Gasteiger partial charge in [0.05, 0.1) is 0 Å². The van der Waals surface area contributed by atoms with Crippen LogP contribution < -0.4 is 10.6 Å². The van der Waals surface area contributed by atoms with Crippen molar-refractivity contribution in [2.45, 2.75) is 70.9 Å². The maximum Gasteiger partial charge on any atom is 0.245 e. The molecule has 1 saturated heterocycles. The minimum atomic E-state index is -0.610. The number of nitrogens with one attached hydrogen (secondary N) is 2. The van der Waals surface area contributed by atoms with Crippen LogP contribution in [0.15, 0.2) is 48.8 Å². The summed E-state index contributed by atoms with van der Waals surface area (Å²) >= 11 is 0. The van der Waals surface area contributed by atoms with E-state index in [1.165, 1.54) is 24.8 Å². The van der Waals surface area contributed by atoms with Crippen LogP contribution in [0, 0.1) is 5.92 Å². The average Bonchev–Trinajstić information content (AvgIpc) is 2.94. The smallest absolute Gasteiger partial charge is 0.245 e. The van der Waals surface area contributed by atoms with Gasteiger partial charge < -0.3 is 15.5 Å². The van der Waals surface area contributed by atoms with Crippen molar-refractivity contribution in [1.29, 1.82) is 0 Å². The number of benzene rings is 1. The predicted molar refractivity (Wildman–Crippen MR) is 148 cm³/mol. The van der Waals surface area contributed by atoms with E-state index in [1.54, 1.807) is 19.3 Å². The molecule has 0 bridgehead atoms. The lowest BCUT2D eigenvalue weighted by Crippen LogP contribution is -2.55. The molecule has 38 heavy (non-hydrogen) atoms. The average molecular weight is 520 g/mol. The van der Waals surface area contributed by atoms with Crippen LogP contribution in [0.2, 0.25) is 0 Å². The quantitative estimate of drug-likeness (QED) is 0.498. The van der Waals surface area contributed by atoms with Crippen LogP contribution in [0.25, 0.3) is 0 Å². The molecular formula is C30H41N5O3. The zero-order valence-corrected chi connectivity index (χ0v) is 22.5. The first-order valence-corrected chi connectivity index (χ1v) is 14.1. The van der Waals surface area contributed by atoms with Crippen LogP contribution in [-0.2, 0) is 27.3 Å². The van der Waals surface area contributed by atoms with Gasteiger partial charge in [-0.25, -0.2) is 0 Å². The topological polar surface area (TPSA) is 94.6 Å². The molecule has 2 heterocycles. The first-order chi connectivity index (χ1) is 18.5. The summed E-state index contributed by atoms with van der Waals surface area (Å²) in [5.41, 5.74) is 2.92. The van der Waals surface area contributed by atoms with E-state index in [-0.39, 0.29) is 17.7 Å². The van der Waals surface area contributed by atoms with Crippen LogP contribution in [0.3, 0.4) is 0 Å². The predicted octanol–water partition coefficient (Wildman–Crippen LogP) is 3.77. The molecule has 3 amide bonds. The second kappa shape index (κ2) is 14.0. The van der Waals surface area contributed by atoms with E-state index in [4.69, 9.17) is 0 Å². The van der Waals surface area contributed by atoms with Crippen molar-refractivity contribution in [2.24, 2.45) is 5.92 Å². The number of carbonyl (C=O) groups excluding carboxylic acids is 3. The van der Waals surface area contributed by atoms with Gasteiger partial charge in [0.25, 0.3) is 0 Å². The molecular weight excluding hydrogens is 478 g/mol. The molecule has 4 rings (SSSR count). The number of carbonyl (C=O) groups is 3. The first-order valence-electron chi connectivity index (χ1n) is 14.1. The third-order valence-electron chi connectivity index (χ3n) is 7.67. The van der Waals surface area contributed by atoms with Crippen molar-refractivity contribution < 1.29 is 14.4 Å². The van der Waals surface area contributed by atoms with E-state index in [1.807, 2.05) is 41.3 Å². The highest BCUT2D eigenvalue weighted by atomic mass is 16.2. The summed E-state index contributed by atoms with van der Waals surface area (Å²) < 4.78 is 0. The molecule has 2 aromatic rings. The van der Waals surface area contributed by atoms with Gasteiger partial charge in [0.15, 0.2) is 0 Å². The van der Waals surface area contributed by atoms with Gasteiger partial charge in [-0.05, 0) is 54.2 Å². The molecule has 8 heteroatoms. The van der Waals surface area contributed by atoms with Gasteiger partial charge in [0.1, 0.15) is 6.04 Å². The zero-order chi connectivity index (χ0) is 26.7. The van der Waals surface area contributed by atoms with Crippen molar-refractivity contribution in [3.05, 3.63) is 59.9 Å². The van der Waals surface area contributed by atoms with Crippen molar-refractivity contribution in [1.82, 2.24) is 20.1 Å². The third kappa shape index (κ3) is 8.38. The van der Waals surface area contributed by atoms with Gasteiger partial charge in [-0.15, -0.1) is 0 Å². The second-order valence-electron chi connectivity index (χ2n) is 10.6. The summed E-state index contributed by atoms with van der Waals surface area (Å²) in [6.45, 7) is 5.47. The fourth-order valence-corrected chi connectivity index (χ4v) is 5.41. The van der Waals surface area contributed by atoms with Crippen LogP contribution >= 0.6 is 0 Å². The molecule has 204 valence electrons. The van der Waals surface area contributed by atoms with Crippen LogP contribution in [-0.4, -0.2) is 64.7 Å². The van der Waals surface area contributed by atoms with E-state index in [9.17, 15) is 14.4 Å². The van der Waals surface area contributed by atoms with E-state index in [0.717, 1.165) is 43.7 Å². The molecule has 8 nitrogen and oxygen atoms in total. The lowest BCUT2D eigenvalue weighted by molar-refractivity contribution is -0.138. The number of hydrogen-bond donors (Lipinski definition) is 2. The lowest BCUT2D eigenvalue weighted by Gasteiger charge is -2.36. The number of nitrogens with zero attached hydrogens (tertiary/aromatic N) is 3. The molecule has 2 aliphatic rings. The Morgan fingerprint density at radius 3 is 2.24 bits per heavy atom. The minimum absolute atomic E-state index is 0.0415. The Morgan fingerprint density at radius 1 is 0.895 bits per heavy atom. The third-order valence-corrected chi connectivity index (χ3v) is 7.67. The van der Waals surface area contributed by atoms with Crippen LogP contribution in [0.1, 0.15) is 63.0 Å². The molecule has 1 aromatic heterocycles. The maximum atomic E-state index is 13.4. The van der Waals surface area contributed by atoms with E-state index >= 15 is 0 Å². The maximum absolute atomic E-state index is 13.4. The van der Waals surface area contributed by atoms with E-state index in [0.29, 0.717) is 38.3 Å². The van der Waals surface area contributed by atoms with E-state index < -0.39 is 6.04 Å². The van der Waals surface area contributed by atoms with Gasteiger partial charge in [0, 0.05) is 70.1 Å². The summed E-state index contributed by atoms with van der Waals surface area (Å²) in [7, 11) is 0. The fourth-order valence-electron chi connectivity index (χ4n) is 5.41. The number of piperazine rings is 1. The van der Waals surface area contributed by atoms with Crippen molar-refractivity contribution >= 4 is 23.4 Å². The molecule has 1 atom stereocenters. The highest BCUT2D eigenvalue weighted by molar-refractivity contribution is 5.91. The number of rotatable bonds is 10. The van der Waals surface area contributed by atoms with Crippen molar-refractivity contribution in [3.63, 3.8) is 0 Å². The molecule has 2 fully saturated rings. The molecule has 1 aliphatic heterocycles. The highest BCUT2D eigenvalue weighted by Crippen LogP contribution is 2.26. The monoisotopic (exact) mass is 519 g/mol. The number of hydrogen-bond acceptors (Lipinski definition) is 5. The number of anilines is 1. The van der Waals surface area contributed by atoms with Gasteiger partial charge in [0.2, 0.25) is 17.7 Å². The summed E-state index contributed by atoms with van der Waals surface area (Å²) in [6, 6.07) is 11.1. The Bertz CT molecular complexity index is 1050. The van der Waals surface area contributed by atoms with Crippen LogP contribution in [0.5, 0.6) is 0 Å². The Morgan fingerprint density at radius 2 is 1.58 bits per heavy atom. The van der Waals surface area contributed by atoms with Gasteiger partial charge in [-0.1, -0.05) is 38.3 Å². The molecule has 0 radical (unpaired) electrons. The summed E-state index contributed by atoms with van der Waals surface area (Å²) in [5.74, 6) is 0.386. The van der Waals surface area contributed by atoms with Crippen LogP contribution in [0.4, 0.5) is 5.69 Å². The Hall–Kier alpha value is -3.26. The highest BCUT2D eigenvalue weighted by Gasteiger charge is 2.28. The normalized spacial score (nSPS) is 17.6. The summed E-state index contributed by atoms with van der Waals surface area (Å²) in [4.78, 5) is 46.4. The molecule has 0 spiro atoms. The van der Waals surface area contributed by atoms with E-state index in [2.05, 4.69) is 20.5 Å². The van der Waals surface area contributed by atoms with Gasteiger partial charge in [-0.2, -0.15) is 0 Å². The fraction of sp³-hybridized carbons (Fsp3) is 0.533. The molecule has 1 saturated carbocycles. The first kappa shape index (κ1) is 27.8. The largest absolute Gasteiger partial charge is 0.344 e. The lowest BCUT2D eigenvalue weighted by atomic mass is 9.87. The molecule has 0 unspecified atom stereocenters. The second-order valence-corrected chi connectivity index (χ2v) is 10.6. The van der Waals surface area contributed by atoms with Gasteiger partial charge >= 0.3 is 0 Å². The SMILES string of the molecule is CCC(=O)N[C@H](Cc1ccc(NC(=O)CC2CCCCC2)cc1)C(=O)N1CCN(Cc2ccncc2)CC1. The number of aromatic nitrogens is 1. The Balaban J connectivity index is 1.30. The molecule has 1 aliphatic carbocycles. The van der Waals surface area contributed by atoms with Crippen molar-refractivity contribution in [2.75, 3.05) is 31.5 Å². The molecule has 1 aromatic carbocycles. The summed E-state index contributed by atoms with van der Waals surface area (Å²) in [6.07, 6.45) is 10.9. The Labute approximate surface area is 226 Å². The number of pyridine rings is 1. The Kier molecular flexibility index (Phi) is 10.3. The van der Waals surface area contributed by atoms with Crippen molar-refractivity contribution in [3.8, 4) is 0 Å². The standard InChI is InChI=1S/C30H41N5O3/c1-2-28(36)33-27(30(38)35-18-16-34(17-19-35)22-25-12-14-31-15-13-25)20-24-8-10-26(11-9-24)32-29(37)21-23-6-4-3-5-7-23/h8-15,23,27H,2-7,16-22H2,1H3,(H,32,37)(H,33,36)/t27-/m1/s1. The zero-order valence-electron chi connectivity index (χ0n) is 22.5. The summed E-state index contributed by atoms with van der Waals surface area (Å²) in [5, 5.41) is 5.95. The molecule has 2 N–H and O–H groups in total. The number of amides is 3.